The molecule has 0 radical (unpaired) electrons. The quantitative estimate of drug-likeness (QED) is 0.420. The van der Waals surface area contributed by atoms with Gasteiger partial charge in [-0.1, -0.05) is 6.07 Å². The average molecular weight is 149 g/mol. The number of rotatable bonds is 1. The molecule has 0 spiro atoms. The van der Waals surface area contributed by atoms with E-state index in [1.807, 2.05) is 25.1 Å². The van der Waals surface area contributed by atoms with Crippen LogP contribution in [0.5, 0.6) is 0 Å². The summed E-state index contributed by atoms with van der Waals surface area (Å²) in [4.78, 5) is 0. The molecule has 0 aliphatic heterocycles. The predicted molar refractivity (Wildman–Crippen MR) is 46.1 cm³/mol. The van der Waals surface area contributed by atoms with Crippen molar-refractivity contribution in [3.05, 3.63) is 34.9 Å². The van der Waals surface area contributed by atoms with Crippen molar-refractivity contribution in [2.24, 2.45) is 5.73 Å². The van der Waals surface area contributed by atoms with E-state index in [2.05, 4.69) is 6.92 Å². The monoisotopic (exact) mass is 149 g/mol. The van der Waals surface area contributed by atoms with E-state index in [9.17, 15) is 0 Å². The lowest BCUT2D eigenvalue weighted by molar-refractivity contribution is -0.114. The van der Waals surface area contributed by atoms with Crippen molar-refractivity contribution in [2.45, 2.75) is 13.8 Å². The second kappa shape index (κ2) is 2.74. The van der Waals surface area contributed by atoms with E-state index < -0.39 is 0 Å². The van der Waals surface area contributed by atoms with Crippen molar-refractivity contribution < 1.29 is 5.41 Å². The van der Waals surface area contributed by atoms with Crippen LogP contribution in [0.1, 0.15) is 16.7 Å². The molecule has 4 N–H and O–H groups in total. The average Bonchev–Trinajstić information content (AvgIpc) is 1.94. The van der Waals surface area contributed by atoms with E-state index >= 15 is 0 Å². The van der Waals surface area contributed by atoms with Crippen LogP contribution in [-0.2, 0) is 0 Å². The fourth-order valence-electron chi connectivity index (χ4n) is 0.921. The first-order chi connectivity index (χ1) is 5.11. The molecule has 0 saturated carbocycles. The largest absolute Gasteiger partial charge is 0.287 e. The maximum Gasteiger partial charge on any atom is 0.270 e. The number of benzene rings is 1. The van der Waals surface area contributed by atoms with Gasteiger partial charge in [-0.15, -0.1) is 0 Å². The Labute approximate surface area is 66.6 Å². The van der Waals surface area contributed by atoms with Crippen LogP contribution >= 0.6 is 0 Å². The highest BCUT2D eigenvalue weighted by Crippen LogP contribution is 2.07. The highest BCUT2D eigenvalue weighted by Gasteiger charge is 2.01. The first kappa shape index (κ1) is 7.79. The third-order valence-electron chi connectivity index (χ3n) is 1.84. The first-order valence-corrected chi connectivity index (χ1v) is 3.57. The van der Waals surface area contributed by atoms with Crippen LogP contribution < -0.4 is 11.1 Å². The third-order valence-corrected chi connectivity index (χ3v) is 1.84. The van der Waals surface area contributed by atoms with Crippen molar-refractivity contribution >= 4 is 5.84 Å². The number of hydrogen-bond donors (Lipinski definition) is 2. The highest BCUT2D eigenvalue weighted by molar-refractivity contribution is 5.92. The Kier molecular flexibility index (Phi) is 1.94. The van der Waals surface area contributed by atoms with Gasteiger partial charge in [-0.2, -0.15) is 0 Å². The molecule has 0 fully saturated rings. The summed E-state index contributed by atoms with van der Waals surface area (Å²) in [5.74, 6) is 0.383. The number of hydrogen-bond acceptors (Lipinski definition) is 0. The number of nitrogens with two attached hydrogens (primary N) is 2. The van der Waals surface area contributed by atoms with Crippen LogP contribution in [0.25, 0.3) is 0 Å². The van der Waals surface area contributed by atoms with Crippen molar-refractivity contribution in [1.29, 1.82) is 0 Å². The topological polar surface area (TPSA) is 51.6 Å². The summed E-state index contributed by atoms with van der Waals surface area (Å²) in [6.07, 6.45) is 0. The zero-order valence-corrected chi connectivity index (χ0v) is 6.89. The minimum atomic E-state index is 0.383. The summed E-state index contributed by atoms with van der Waals surface area (Å²) in [5.41, 5.74) is 8.82. The summed E-state index contributed by atoms with van der Waals surface area (Å²) in [6, 6.07) is 5.94. The van der Waals surface area contributed by atoms with Gasteiger partial charge in [0.15, 0.2) is 0 Å². The summed E-state index contributed by atoms with van der Waals surface area (Å²) < 4.78 is 0. The molecular formula is C9H13N2+. The molecule has 0 heterocycles. The van der Waals surface area contributed by atoms with E-state index in [4.69, 9.17) is 11.1 Å². The Bertz CT molecular complexity index is 290. The van der Waals surface area contributed by atoms with E-state index in [0.29, 0.717) is 5.84 Å². The van der Waals surface area contributed by atoms with Crippen LogP contribution in [0.4, 0.5) is 0 Å². The zero-order valence-electron chi connectivity index (χ0n) is 6.89. The molecule has 2 heteroatoms. The lowest BCUT2D eigenvalue weighted by atomic mass is 10.1. The van der Waals surface area contributed by atoms with Crippen molar-refractivity contribution in [3.8, 4) is 0 Å². The predicted octanol–water partition coefficient (Wildman–Crippen LogP) is -0.232. The zero-order chi connectivity index (χ0) is 8.43. The Morgan fingerprint density at radius 3 is 2.36 bits per heavy atom. The van der Waals surface area contributed by atoms with Crippen molar-refractivity contribution in [2.75, 3.05) is 0 Å². The van der Waals surface area contributed by atoms with E-state index in [-0.39, 0.29) is 0 Å². The molecule has 0 unspecified atom stereocenters. The van der Waals surface area contributed by atoms with Crippen molar-refractivity contribution in [3.63, 3.8) is 0 Å². The summed E-state index contributed by atoms with van der Waals surface area (Å²) >= 11 is 0. The highest BCUT2D eigenvalue weighted by atomic mass is 14.7. The van der Waals surface area contributed by atoms with Gasteiger partial charge in [-0.25, -0.2) is 0 Å². The smallest absolute Gasteiger partial charge is 0.270 e. The molecule has 11 heavy (non-hydrogen) atoms. The molecule has 2 nitrogen and oxygen atoms in total. The minimum absolute atomic E-state index is 0.383. The molecule has 1 aromatic carbocycles. The second-order valence-corrected chi connectivity index (χ2v) is 2.75. The third kappa shape index (κ3) is 1.58. The van der Waals surface area contributed by atoms with Gasteiger partial charge in [0.1, 0.15) is 0 Å². The van der Waals surface area contributed by atoms with Crippen LogP contribution in [-0.4, -0.2) is 5.84 Å². The molecule has 0 aliphatic rings. The Morgan fingerprint density at radius 1 is 1.27 bits per heavy atom. The van der Waals surface area contributed by atoms with E-state index in [0.717, 1.165) is 5.56 Å². The normalized spacial score (nSPS) is 9.64. The first-order valence-electron chi connectivity index (χ1n) is 3.57. The molecule has 1 aromatic rings. The summed E-state index contributed by atoms with van der Waals surface area (Å²) in [6.45, 7) is 4.10. The maximum absolute atomic E-state index is 5.43. The molecule has 0 amide bonds. The molecule has 58 valence electrons. The molecule has 0 bridgehead atoms. The van der Waals surface area contributed by atoms with Gasteiger partial charge in [0.25, 0.3) is 5.84 Å². The molecule has 0 aromatic heterocycles. The van der Waals surface area contributed by atoms with Crippen molar-refractivity contribution in [1.82, 2.24) is 0 Å². The molecule has 0 saturated heterocycles. The molecule has 0 aliphatic carbocycles. The lowest BCUT2D eigenvalue weighted by Gasteiger charge is -1.99. The van der Waals surface area contributed by atoms with Gasteiger partial charge in [0.05, 0.1) is 5.56 Å². The van der Waals surface area contributed by atoms with Gasteiger partial charge in [-0.3, -0.25) is 11.1 Å². The second-order valence-electron chi connectivity index (χ2n) is 2.75. The van der Waals surface area contributed by atoms with Crippen LogP contribution in [0.15, 0.2) is 18.2 Å². The molecular weight excluding hydrogens is 136 g/mol. The van der Waals surface area contributed by atoms with Gasteiger partial charge >= 0.3 is 0 Å². The Balaban J connectivity index is 3.15. The Hall–Kier alpha value is -1.31. The molecule has 1 rings (SSSR count). The standard InChI is InChI=1S/C9H12N2/c1-6-3-4-8(9(10)11)5-7(6)2/h3-5H,1-2H3,(H3,10,11)/p+1. The number of aryl methyl sites for hydroxylation is 2. The van der Waals surface area contributed by atoms with Crippen LogP contribution in [0.2, 0.25) is 0 Å². The fraction of sp³-hybridized carbons (Fsp3) is 0.222. The van der Waals surface area contributed by atoms with Gasteiger partial charge in [0, 0.05) is 0 Å². The van der Waals surface area contributed by atoms with E-state index in [1.165, 1.54) is 11.1 Å². The number of amidine groups is 1. The van der Waals surface area contributed by atoms with Gasteiger partial charge in [-0.05, 0) is 37.1 Å². The molecule has 0 atom stereocenters. The van der Waals surface area contributed by atoms with Crippen LogP contribution in [0, 0.1) is 13.8 Å². The lowest BCUT2D eigenvalue weighted by Crippen LogP contribution is -2.46. The SMILES string of the molecule is Cc1ccc(C(N)=[NH2+])cc1C. The minimum Gasteiger partial charge on any atom is -0.287 e. The Morgan fingerprint density at radius 2 is 1.91 bits per heavy atom. The van der Waals surface area contributed by atoms with Gasteiger partial charge < -0.3 is 0 Å². The summed E-state index contributed by atoms with van der Waals surface area (Å²) in [7, 11) is 0. The van der Waals surface area contributed by atoms with E-state index in [1.54, 1.807) is 0 Å². The fourth-order valence-corrected chi connectivity index (χ4v) is 0.921. The van der Waals surface area contributed by atoms with Crippen LogP contribution in [0.3, 0.4) is 0 Å². The maximum atomic E-state index is 5.43. The van der Waals surface area contributed by atoms with Gasteiger partial charge in [0.2, 0.25) is 0 Å². The summed E-state index contributed by atoms with van der Waals surface area (Å²) in [5, 5.41) is 5.43.